The average Bonchev–Trinajstić information content (AvgIpc) is 3.69. The van der Waals surface area contributed by atoms with Gasteiger partial charge in [-0.3, -0.25) is 4.79 Å². The van der Waals surface area contributed by atoms with Gasteiger partial charge in [-0.1, -0.05) is 35.0 Å². The monoisotopic (exact) mass is 612 g/mol. The quantitative estimate of drug-likeness (QED) is 0.149. The van der Waals surface area contributed by atoms with Crippen LogP contribution in [-0.2, 0) is 15.0 Å². The first kappa shape index (κ1) is 30.0. The maximum atomic E-state index is 14.4. The average molecular weight is 613 g/mol. The van der Waals surface area contributed by atoms with Gasteiger partial charge in [-0.2, -0.15) is 5.26 Å². The molecule has 224 valence electrons. The molecule has 12 heteroatoms. The molecule has 0 radical (unpaired) electrons. The Morgan fingerprint density at radius 3 is 2.53 bits per heavy atom. The minimum Gasteiger partial charge on any atom is -0.497 e. The minimum atomic E-state index is -4.86. The molecule has 1 fully saturated rings. The number of fused-ring (bicyclic) bond motifs is 2. The van der Waals surface area contributed by atoms with E-state index in [-0.39, 0.29) is 30.1 Å². The van der Waals surface area contributed by atoms with Gasteiger partial charge >= 0.3 is 6.36 Å². The van der Waals surface area contributed by atoms with E-state index in [1.807, 2.05) is 6.07 Å². The molecule has 1 atom stereocenters. The van der Waals surface area contributed by atoms with Gasteiger partial charge in [0.1, 0.15) is 24.1 Å². The number of methoxy groups -OCH3 is 1. The first-order valence-corrected chi connectivity index (χ1v) is 13.9. The lowest BCUT2D eigenvalue weighted by molar-refractivity contribution is -0.274. The molecule has 1 amide bonds. The number of amides is 1. The van der Waals surface area contributed by atoms with Crippen LogP contribution < -0.4 is 19.7 Å². The van der Waals surface area contributed by atoms with Crippen LogP contribution in [0.15, 0.2) is 65.8 Å². The third-order valence-electron chi connectivity index (χ3n) is 7.47. The van der Waals surface area contributed by atoms with Crippen LogP contribution in [0.2, 0.25) is 5.02 Å². The SMILES string of the molecule is COc1cc(NC(C(=O)N2CC3(CC3)c3ccc(OC(F)(F)F)cc32)c2ccc(Cl)cc2)cc(/C(C)=N/OCCC#N)c1. The lowest BCUT2D eigenvalue weighted by atomic mass is 9.99. The molecule has 8 nitrogen and oxygen atoms in total. The number of hydrogen-bond donors (Lipinski definition) is 1. The lowest BCUT2D eigenvalue weighted by Gasteiger charge is -2.27. The molecular weight excluding hydrogens is 585 g/mol. The van der Waals surface area contributed by atoms with Crippen LogP contribution in [0.1, 0.15) is 48.9 Å². The number of ether oxygens (including phenoxy) is 2. The number of nitriles is 1. The number of oxime groups is 1. The molecular formula is C31H28ClF3N4O4. The van der Waals surface area contributed by atoms with Gasteiger partial charge in [0, 0.05) is 40.4 Å². The molecule has 1 spiro atoms. The number of halogens is 4. The standard InChI is InChI=1S/C31H28ClF3N4O4/c1-19(38-42-13-3-12-36)21-14-23(16-25(15-21)41-2)37-28(20-4-6-22(32)7-5-20)29(40)39-18-30(10-11-30)26-9-8-24(17-27(26)39)43-31(33,34)35/h4-9,14-17,28,37H,3,10-11,13,18H2,1-2H3/b38-19+. The van der Waals surface area contributed by atoms with Crippen molar-refractivity contribution in [3.63, 3.8) is 0 Å². The van der Waals surface area contributed by atoms with Crippen molar-refractivity contribution < 1.29 is 32.3 Å². The van der Waals surface area contributed by atoms with Crippen molar-refractivity contribution in [3.8, 4) is 17.6 Å². The molecule has 0 aromatic heterocycles. The van der Waals surface area contributed by atoms with Crippen molar-refractivity contribution in [2.45, 2.75) is 44.0 Å². The van der Waals surface area contributed by atoms with Crippen LogP contribution in [0, 0.1) is 11.3 Å². The highest BCUT2D eigenvalue weighted by atomic mass is 35.5. The fraction of sp³-hybridized carbons (Fsp3) is 0.323. The van der Waals surface area contributed by atoms with Crippen molar-refractivity contribution in [1.82, 2.24) is 0 Å². The molecule has 1 N–H and O–H groups in total. The predicted molar refractivity (Wildman–Crippen MR) is 156 cm³/mol. The second kappa shape index (κ2) is 12.1. The zero-order chi connectivity index (χ0) is 30.8. The van der Waals surface area contributed by atoms with Gasteiger partial charge in [-0.15, -0.1) is 13.2 Å². The Morgan fingerprint density at radius 1 is 1.14 bits per heavy atom. The number of nitrogens with one attached hydrogen (secondary N) is 1. The summed E-state index contributed by atoms with van der Waals surface area (Å²) in [4.78, 5) is 21.1. The number of nitrogens with zero attached hydrogens (tertiary/aromatic N) is 3. The largest absolute Gasteiger partial charge is 0.573 e. The number of rotatable bonds is 10. The van der Waals surface area contributed by atoms with Crippen LogP contribution in [0.3, 0.4) is 0 Å². The van der Waals surface area contributed by atoms with Crippen molar-refractivity contribution in [3.05, 3.63) is 82.4 Å². The van der Waals surface area contributed by atoms with Crippen LogP contribution in [0.25, 0.3) is 0 Å². The summed E-state index contributed by atoms with van der Waals surface area (Å²) in [5.41, 5.74) is 3.25. The molecule has 5 rings (SSSR count). The van der Waals surface area contributed by atoms with Gasteiger partial charge in [0.25, 0.3) is 5.91 Å². The Bertz CT molecular complexity index is 1580. The van der Waals surface area contributed by atoms with E-state index >= 15 is 0 Å². The number of carbonyl (C=O) groups excluding carboxylic acids is 1. The highest BCUT2D eigenvalue weighted by Crippen LogP contribution is 2.57. The van der Waals surface area contributed by atoms with E-state index in [9.17, 15) is 18.0 Å². The van der Waals surface area contributed by atoms with Crippen molar-refractivity contribution in [1.29, 1.82) is 5.26 Å². The van der Waals surface area contributed by atoms with Crippen LogP contribution in [0.5, 0.6) is 11.5 Å². The van der Waals surface area contributed by atoms with Crippen LogP contribution in [0.4, 0.5) is 24.5 Å². The third-order valence-corrected chi connectivity index (χ3v) is 7.73. The third kappa shape index (κ3) is 6.81. The summed E-state index contributed by atoms with van der Waals surface area (Å²) in [6.07, 6.45) is -3.01. The number of carbonyl (C=O) groups is 1. The second-order valence-corrected chi connectivity index (χ2v) is 10.9. The number of hydrogen-bond acceptors (Lipinski definition) is 7. The molecule has 1 aliphatic heterocycles. The summed E-state index contributed by atoms with van der Waals surface area (Å²) < 4.78 is 48.8. The van der Waals surface area contributed by atoms with Crippen LogP contribution >= 0.6 is 11.6 Å². The number of alkyl halides is 3. The summed E-state index contributed by atoms with van der Waals surface area (Å²) >= 11 is 6.14. The van der Waals surface area contributed by atoms with Crippen molar-refractivity contribution >= 4 is 34.6 Å². The topological polar surface area (TPSA) is 96.2 Å². The molecule has 3 aromatic rings. The van der Waals surface area contributed by atoms with E-state index in [2.05, 4.69) is 15.2 Å². The highest BCUT2D eigenvalue weighted by Gasteiger charge is 2.54. The minimum absolute atomic E-state index is 0.143. The molecule has 1 aliphatic carbocycles. The Hall–Kier alpha value is -4.43. The zero-order valence-electron chi connectivity index (χ0n) is 23.4. The van der Waals surface area contributed by atoms with Gasteiger partial charge in [0.15, 0.2) is 0 Å². The van der Waals surface area contributed by atoms with E-state index < -0.39 is 12.4 Å². The van der Waals surface area contributed by atoms with Crippen LogP contribution in [-0.4, -0.2) is 38.2 Å². The van der Waals surface area contributed by atoms with Gasteiger partial charge in [-0.05, 0) is 61.2 Å². The second-order valence-electron chi connectivity index (χ2n) is 10.4. The summed E-state index contributed by atoms with van der Waals surface area (Å²) in [5, 5.41) is 16.6. The van der Waals surface area contributed by atoms with E-state index in [0.29, 0.717) is 45.5 Å². The maximum Gasteiger partial charge on any atom is 0.573 e. The Labute approximate surface area is 251 Å². The first-order chi connectivity index (χ1) is 20.5. The van der Waals surface area contributed by atoms with E-state index in [0.717, 1.165) is 18.4 Å². The van der Waals surface area contributed by atoms with E-state index in [1.54, 1.807) is 55.5 Å². The highest BCUT2D eigenvalue weighted by molar-refractivity contribution is 6.30. The normalized spacial score (nSPS) is 15.8. The van der Waals surface area contributed by atoms with Crippen molar-refractivity contribution in [2.24, 2.45) is 5.16 Å². The summed E-state index contributed by atoms with van der Waals surface area (Å²) in [6, 6.07) is 17.3. The lowest BCUT2D eigenvalue weighted by Crippen LogP contribution is -2.38. The van der Waals surface area contributed by atoms with Crippen molar-refractivity contribution in [2.75, 3.05) is 30.5 Å². The summed E-state index contributed by atoms with van der Waals surface area (Å²) in [6.45, 7) is 2.23. The fourth-order valence-corrected chi connectivity index (χ4v) is 5.32. The molecule has 43 heavy (non-hydrogen) atoms. The van der Waals surface area contributed by atoms with Gasteiger partial charge in [-0.25, -0.2) is 0 Å². The molecule has 1 heterocycles. The summed E-state index contributed by atoms with van der Waals surface area (Å²) in [5.74, 6) is -0.251. The Balaban J connectivity index is 1.50. The Morgan fingerprint density at radius 2 is 1.88 bits per heavy atom. The smallest absolute Gasteiger partial charge is 0.497 e. The van der Waals surface area contributed by atoms with Gasteiger partial charge in [0.05, 0.1) is 31.0 Å². The molecule has 0 saturated heterocycles. The molecule has 1 saturated carbocycles. The molecule has 3 aromatic carbocycles. The van der Waals surface area contributed by atoms with E-state index in [4.69, 9.17) is 26.4 Å². The predicted octanol–water partition coefficient (Wildman–Crippen LogP) is 7.13. The van der Waals surface area contributed by atoms with Gasteiger partial charge in [0.2, 0.25) is 0 Å². The number of benzene rings is 3. The Kier molecular flexibility index (Phi) is 8.42. The maximum absolute atomic E-state index is 14.4. The summed E-state index contributed by atoms with van der Waals surface area (Å²) in [7, 11) is 1.51. The molecule has 1 unspecified atom stereocenters. The first-order valence-electron chi connectivity index (χ1n) is 13.5. The number of anilines is 2. The molecule has 0 bridgehead atoms. The van der Waals surface area contributed by atoms with Gasteiger partial charge < -0.3 is 24.5 Å². The fourth-order valence-electron chi connectivity index (χ4n) is 5.19. The van der Waals surface area contributed by atoms with E-state index in [1.165, 1.54) is 24.1 Å². The zero-order valence-corrected chi connectivity index (χ0v) is 24.1. The molecule has 2 aliphatic rings.